The fourth-order valence-corrected chi connectivity index (χ4v) is 2.16. The van der Waals surface area contributed by atoms with E-state index in [1.54, 1.807) is 36.8 Å². The number of furan rings is 1. The summed E-state index contributed by atoms with van der Waals surface area (Å²) in [6, 6.07) is 18.5. The van der Waals surface area contributed by atoms with Gasteiger partial charge in [0.05, 0.1) is 12.5 Å². The molecule has 1 aromatic heterocycles. The maximum atomic E-state index is 12.1. The van der Waals surface area contributed by atoms with Crippen molar-refractivity contribution in [3.05, 3.63) is 84.3 Å². The molecule has 2 aromatic carbocycles. The summed E-state index contributed by atoms with van der Waals surface area (Å²) in [6.07, 6.45) is 4.06. The highest BCUT2D eigenvalue weighted by molar-refractivity contribution is 5.94. The first kappa shape index (κ1) is 14.9. The number of ether oxygens (including phenoxy) is 1. The normalized spacial score (nSPS) is 10.3. The highest BCUT2D eigenvalue weighted by atomic mass is 16.5. The van der Waals surface area contributed by atoms with Crippen LogP contribution in [0.4, 0.5) is 0 Å². The molecule has 0 aliphatic rings. The number of amides is 1. The van der Waals surface area contributed by atoms with Crippen molar-refractivity contribution < 1.29 is 13.9 Å². The molecular weight excluding hydrogens is 290 g/mol. The number of rotatable bonds is 6. The van der Waals surface area contributed by atoms with Gasteiger partial charge in [0.25, 0.3) is 5.91 Å². The van der Waals surface area contributed by atoms with Crippen molar-refractivity contribution in [2.24, 2.45) is 0 Å². The maximum absolute atomic E-state index is 12.1. The number of para-hydroxylation sites is 1. The Hall–Kier alpha value is -3.01. The minimum Gasteiger partial charge on any atom is -0.472 e. The number of hydrogen-bond acceptors (Lipinski definition) is 3. The van der Waals surface area contributed by atoms with Crippen LogP contribution in [0.25, 0.3) is 0 Å². The topological polar surface area (TPSA) is 51.5 Å². The van der Waals surface area contributed by atoms with Crippen LogP contribution >= 0.6 is 0 Å². The lowest BCUT2D eigenvalue weighted by Gasteiger charge is -2.07. The third-order valence-corrected chi connectivity index (χ3v) is 3.37. The Balaban J connectivity index is 1.53. The number of benzene rings is 2. The van der Waals surface area contributed by atoms with Crippen molar-refractivity contribution in [2.75, 3.05) is 6.54 Å². The van der Waals surface area contributed by atoms with Gasteiger partial charge in [-0.2, -0.15) is 0 Å². The summed E-state index contributed by atoms with van der Waals surface area (Å²) in [5.74, 6) is 1.37. The van der Waals surface area contributed by atoms with E-state index in [-0.39, 0.29) is 5.91 Å². The minimum atomic E-state index is -0.0974. The molecule has 23 heavy (non-hydrogen) atoms. The molecule has 1 heterocycles. The smallest absolute Gasteiger partial charge is 0.251 e. The van der Waals surface area contributed by atoms with E-state index in [4.69, 9.17) is 9.15 Å². The van der Waals surface area contributed by atoms with Crippen LogP contribution in [-0.4, -0.2) is 12.5 Å². The van der Waals surface area contributed by atoms with Crippen LogP contribution < -0.4 is 10.1 Å². The van der Waals surface area contributed by atoms with E-state index in [0.717, 1.165) is 17.7 Å². The summed E-state index contributed by atoms with van der Waals surface area (Å²) in [6.45, 7) is 0.570. The van der Waals surface area contributed by atoms with E-state index >= 15 is 0 Å². The summed E-state index contributed by atoms with van der Waals surface area (Å²) < 4.78 is 10.7. The molecule has 0 spiro atoms. The van der Waals surface area contributed by atoms with Crippen LogP contribution in [-0.2, 0) is 6.42 Å². The van der Waals surface area contributed by atoms with Gasteiger partial charge in [-0.1, -0.05) is 18.2 Å². The second-order valence-electron chi connectivity index (χ2n) is 5.08. The molecule has 4 heteroatoms. The lowest BCUT2D eigenvalue weighted by Crippen LogP contribution is -2.25. The lowest BCUT2D eigenvalue weighted by molar-refractivity contribution is 0.0954. The minimum absolute atomic E-state index is 0.0974. The van der Waals surface area contributed by atoms with Gasteiger partial charge in [0.2, 0.25) is 0 Å². The molecule has 0 bridgehead atoms. The molecule has 3 rings (SSSR count). The first-order chi connectivity index (χ1) is 11.3. The third kappa shape index (κ3) is 4.23. The molecule has 0 unspecified atom stereocenters. The number of nitrogens with one attached hydrogen (secondary N) is 1. The fourth-order valence-electron chi connectivity index (χ4n) is 2.16. The maximum Gasteiger partial charge on any atom is 0.251 e. The van der Waals surface area contributed by atoms with Crippen LogP contribution in [0.5, 0.6) is 11.5 Å². The van der Waals surface area contributed by atoms with Crippen molar-refractivity contribution >= 4 is 5.91 Å². The van der Waals surface area contributed by atoms with E-state index in [2.05, 4.69) is 5.32 Å². The molecule has 4 nitrogen and oxygen atoms in total. The molecule has 0 saturated heterocycles. The summed E-state index contributed by atoms with van der Waals surface area (Å²) in [4.78, 5) is 12.1. The summed E-state index contributed by atoms with van der Waals surface area (Å²) in [7, 11) is 0. The predicted molar refractivity (Wildman–Crippen MR) is 87.7 cm³/mol. The van der Waals surface area contributed by atoms with Gasteiger partial charge < -0.3 is 14.5 Å². The largest absolute Gasteiger partial charge is 0.472 e. The van der Waals surface area contributed by atoms with Crippen LogP contribution in [0, 0.1) is 0 Å². The molecule has 116 valence electrons. The Morgan fingerprint density at radius 3 is 2.39 bits per heavy atom. The van der Waals surface area contributed by atoms with Crippen molar-refractivity contribution in [3.63, 3.8) is 0 Å². The van der Waals surface area contributed by atoms with Gasteiger partial charge in [0.15, 0.2) is 0 Å². The third-order valence-electron chi connectivity index (χ3n) is 3.37. The van der Waals surface area contributed by atoms with Gasteiger partial charge in [-0.25, -0.2) is 0 Å². The second kappa shape index (κ2) is 7.31. The van der Waals surface area contributed by atoms with Crippen molar-refractivity contribution in [1.82, 2.24) is 5.32 Å². The Labute approximate surface area is 134 Å². The monoisotopic (exact) mass is 307 g/mol. The average molecular weight is 307 g/mol. The summed E-state index contributed by atoms with van der Waals surface area (Å²) in [5.41, 5.74) is 1.68. The first-order valence-electron chi connectivity index (χ1n) is 7.43. The summed E-state index contributed by atoms with van der Waals surface area (Å²) in [5, 5.41) is 2.88. The van der Waals surface area contributed by atoms with Gasteiger partial charge in [-0.3, -0.25) is 4.79 Å². The predicted octanol–water partition coefficient (Wildman–Crippen LogP) is 4.04. The lowest BCUT2D eigenvalue weighted by atomic mass is 10.2. The number of hydrogen-bond donors (Lipinski definition) is 1. The van der Waals surface area contributed by atoms with E-state index in [1.165, 1.54) is 0 Å². The first-order valence-corrected chi connectivity index (χ1v) is 7.43. The zero-order chi connectivity index (χ0) is 15.9. The van der Waals surface area contributed by atoms with Crippen LogP contribution in [0.3, 0.4) is 0 Å². The van der Waals surface area contributed by atoms with Crippen molar-refractivity contribution in [2.45, 2.75) is 6.42 Å². The van der Waals surface area contributed by atoms with Gasteiger partial charge in [-0.15, -0.1) is 0 Å². The Morgan fingerprint density at radius 2 is 1.70 bits per heavy atom. The molecule has 0 fully saturated rings. The SMILES string of the molecule is O=C(NCCc1ccoc1)c1ccc(Oc2ccccc2)cc1. The molecular formula is C19H17NO3. The Bertz CT molecular complexity index is 734. The van der Waals surface area contributed by atoms with E-state index in [1.807, 2.05) is 36.4 Å². The molecule has 0 saturated carbocycles. The van der Waals surface area contributed by atoms with Gasteiger partial charge >= 0.3 is 0 Å². The zero-order valence-electron chi connectivity index (χ0n) is 12.6. The van der Waals surface area contributed by atoms with E-state index in [9.17, 15) is 4.79 Å². The van der Waals surface area contributed by atoms with Gasteiger partial charge in [0, 0.05) is 12.1 Å². The average Bonchev–Trinajstić information content (AvgIpc) is 3.10. The molecule has 0 aliphatic heterocycles. The number of carbonyl (C=O) groups is 1. The number of carbonyl (C=O) groups excluding carboxylic acids is 1. The van der Waals surface area contributed by atoms with Crippen LogP contribution in [0.2, 0.25) is 0 Å². The summed E-state index contributed by atoms with van der Waals surface area (Å²) >= 11 is 0. The fraction of sp³-hybridized carbons (Fsp3) is 0.105. The Kier molecular flexibility index (Phi) is 4.74. The van der Waals surface area contributed by atoms with Crippen LogP contribution in [0.1, 0.15) is 15.9 Å². The molecule has 1 amide bonds. The highest BCUT2D eigenvalue weighted by Crippen LogP contribution is 2.21. The quantitative estimate of drug-likeness (QED) is 0.747. The van der Waals surface area contributed by atoms with Gasteiger partial charge in [0.1, 0.15) is 11.5 Å². The molecule has 0 aliphatic carbocycles. The molecule has 0 atom stereocenters. The standard InChI is InChI=1S/C19H17NO3/c21-19(20-12-10-15-11-13-22-14-15)16-6-8-18(9-7-16)23-17-4-2-1-3-5-17/h1-9,11,13-14H,10,12H2,(H,20,21). The zero-order valence-corrected chi connectivity index (χ0v) is 12.6. The molecule has 1 N–H and O–H groups in total. The highest BCUT2D eigenvalue weighted by Gasteiger charge is 2.06. The van der Waals surface area contributed by atoms with Crippen molar-refractivity contribution in [3.8, 4) is 11.5 Å². The van der Waals surface area contributed by atoms with E-state index in [0.29, 0.717) is 17.9 Å². The van der Waals surface area contributed by atoms with Gasteiger partial charge in [-0.05, 0) is 54.4 Å². The van der Waals surface area contributed by atoms with Crippen LogP contribution in [0.15, 0.2) is 77.6 Å². The van der Waals surface area contributed by atoms with Crippen molar-refractivity contribution in [1.29, 1.82) is 0 Å². The Morgan fingerprint density at radius 1 is 0.957 bits per heavy atom. The second-order valence-corrected chi connectivity index (χ2v) is 5.08. The molecule has 3 aromatic rings. The van der Waals surface area contributed by atoms with E-state index < -0.39 is 0 Å². The molecule has 0 radical (unpaired) electrons.